The van der Waals surface area contributed by atoms with Crippen molar-refractivity contribution in [2.75, 3.05) is 7.11 Å². The SMILES string of the molecule is COC(=O)C[C@@H]1CCCC[C@]12C(O[Si](C)(C)C)=CCc1ccccc12. The van der Waals surface area contributed by atoms with Crippen LogP contribution in [0.25, 0.3) is 0 Å². The Kier molecular flexibility index (Phi) is 5.10. The monoisotopic (exact) mass is 358 g/mol. The zero-order valence-electron chi connectivity index (χ0n) is 15.9. The summed E-state index contributed by atoms with van der Waals surface area (Å²) in [7, 11) is -0.250. The minimum atomic E-state index is -1.74. The fourth-order valence-electron chi connectivity index (χ4n) is 4.60. The smallest absolute Gasteiger partial charge is 0.305 e. The van der Waals surface area contributed by atoms with Crippen LogP contribution in [0.4, 0.5) is 0 Å². The molecular weight excluding hydrogens is 328 g/mol. The Morgan fingerprint density at radius 2 is 2.00 bits per heavy atom. The number of carbonyl (C=O) groups excluding carboxylic acids is 1. The van der Waals surface area contributed by atoms with Crippen molar-refractivity contribution < 1.29 is 14.0 Å². The van der Waals surface area contributed by atoms with Crippen LogP contribution in [0.3, 0.4) is 0 Å². The quantitative estimate of drug-likeness (QED) is 0.563. The van der Waals surface area contributed by atoms with Crippen LogP contribution in [0.1, 0.15) is 43.2 Å². The second kappa shape index (κ2) is 6.98. The molecule has 0 unspecified atom stereocenters. The second-order valence-electron chi connectivity index (χ2n) is 8.34. The summed E-state index contributed by atoms with van der Waals surface area (Å²) in [6.07, 6.45) is 8.14. The molecular formula is C21H30O3Si. The average Bonchev–Trinajstić information content (AvgIpc) is 2.58. The molecule has 136 valence electrons. The lowest BCUT2D eigenvalue weighted by molar-refractivity contribution is -0.142. The van der Waals surface area contributed by atoms with Gasteiger partial charge in [0, 0.05) is 6.42 Å². The van der Waals surface area contributed by atoms with E-state index in [0.717, 1.165) is 25.0 Å². The molecule has 2 aliphatic rings. The van der Waals surface area contributed by atoms with Crippen molar-refractivity contribution in [1.82, 2.24) is 0 Å². The number of methoxy groups -OCH3 is 1. The summed E-state index contributed by atoms with van der Waals surface area (Å²) in [5, 5.41) is 0. The molecule has 25 heavy (non-hydrogen) atoms. The lowest BCUT2D eigenvalue weighted by atomic mass is 9.58. The van der Waals surface area contributed by atoms with Gasteiger partial charge in [-0.3, -0.25) is 4.79 Å². The van der Waals surface area contributed by atoms with Crippen molar-refractivity contribution in [3.05, 3.63) is 47.2 Å². The maximum atomic E-state index is 12.1. The largest absolute Gasteiger partial charge is 0.547 e. The molecule has 3 nitrogen and oxygen atoms in total. The highest BCUT2D eigenvalue weighted by atomic mass is 28.4. The van der Waals surface area contributed by atoms with Gasteiger partial charge in [0.2, 0.25) is 8.32 Å². The molecule has 0 heterocycles. The number of allylic oxidation sites excluding steroid dienone is 2. The molecule has 1 fully saturated rings. The fourth-order valence-corrected chi connectivity index (χ4v) is 5.52. The van der Waals surface area contributed by atoms with E-state index in [0.29, 0.717) is 6.42 Å². The molecule has 1 saturated carbocycles. The van der Waals surface area contributed by atoms with Crippen molar-refractivity contribution in [2.45, 2.75) is 63.6 Å². The van der Waals surface area contributed by atoms with Gasteiger partial charge in [0.15, 0.2) is 0 Å². The highest BCUT2D eigenvalue weighted by Gasteiger charge is 2.50. The van der Waals surface area contributed by atoms with Crippen LogP contribution in [0.2, 0.25) is 19.6 Å². The minimum Gasteiger partial charge on any atom is -0.547 e. The van der Waals surface area contributed by atoms with E-state index in [1.807, 2.05) is 0 Å². The molecule has 2 aliphatic carbocycles. The van der Waals surface area contributed by atoms with Crippen molar-refractivity contribution in [3.8, 4) is 0 Å². The standard InChI is InChI=1S/C21H30O3Si/c1-23-20(22)15-17-10-7-8-14-21(17)18-11-6-5-9-16(18)12-13-19(21)24-25(2,3)4/h5-6,9,11,13,17H,7-8,10,12,14-15H2,1-4H3/t17-,21-/m0/s1. The Morgan fingerprint density at radius 1 is 1.24 bits per heavy atom. The molecule has 1 spiro atoms. The van der Waals surface area contributed by atoms with Crippen molar-refractivity contribution in [2.24, 2.45) is 5.92 Å². The molecule has 0 aliphatic heterocycles. The molecule has 0 saturated heterocycles. The van der Waals surface area contributed by atoms with E-state index in [9.17, 15) is 4.79 Å². The number of hydrogen-bond acceptors (Lipinski definition) is 3. The molecule has 0 N–H and O–H groups in total. The summed E-state index contributed by atoms with van der Waals surface area (Å²) in [6, 6.07) is 8.72. The number of fused-ring (bicyclic) bond motifs is 2. The Morgan fingerprint density at radius 3 is 2.72 bits per heavy atom. The number of hydrogen-bond donors (Lipinski definition) is 0. The van der Waals surface area contributed by atoms with Crippen LogP contribution >= 0.6 is 0 Å². The molecule has 1 aromatic rings. The van der Waals surface area contributed by atoms with Crippen LogP contribution in [-0.4, -0.2) is 21.4 Å². The van der Waals surface area contributed by atoms with Gasteiger partial charge in [0.05, 0.1) is 18.3 Å². The third-order valence-electron chi connectivity index (χ3n) is 5.57. The molecule has 4 heteroatoms. The summed E-state index contributed by atoms with van der Waals surface area (Å²) in [5.41, 5.74) is 2.59. The number of ether oxygens (including phenoxy) is 1. The summed E-state index contributed by atoms with van der Waals surface area (Å²) in [6.45, 7) is 6.71. The van der Waals surface area contributed by atoms with E-state index in [4.69, 9.17) is 9.16 Å². The van der Waals surface area contributed by atoms with E-state index >= 15 is 0 Å². The first kappa shape index (κ1) is 18.2. The van der Waals surface area contributed by atoms with Crippen LogP contribution in [-0.2, 0) is 25.8 Å². The molecule has 2 atom stereocenters. The number of esters is 1. The third-order valence-corrected chi connectivity index (χ3v) is 6.40. The van der Waals surface area contributed by atoms with Gasteiger partial charge in [-0.25, -0.2) is 0 Å². The molecule has 0 bridgehead atoms. The molecule has 0 radical (unpaired) electrons. The maximum absolute atomic E-state index is 12.1. The van der Waals surface area contributed by atoms with E-state index in [1.54, 1.807) is 0 Å². The van der Waals surface area contributed by atoms with Gasteiger partial charge >= 0.3 is 5.97 Å². The van der Waals surface area contributed by atoms with Gasteiger partial charge in [-0.1, -0.05) is 37.1 Å². The molecule has 1 aromatic carbocycles. The van der Waals surface area contributed by atoms with Crippen molar-refractivity contribution in [1.29, 1.82) is 0 Å². The first-order valence-corrected chi connectivity index (χ1v) is 12.8. The highest BCUT2D eigenvalue weighted by molar-refractivity contribution is 6.70. The third kappa shape index (κ3) is 3.55. The highest BCUT2D eigenvalue weighted by Crippen LogP contribution is 2.53. The first-order chi connectivity index (χ1) is 11.9. The van der Waals surface area contributed by atoms with Gasteiger partial charge in [-0.2, -0.15) is 0 Å². The van der Waals surface area contributed by atoms with E-state index in [2.05, 4.69) is 50.0 Å². The lowest BCUT2D eigenvalue weighted by Crippen LogP contribution is -2.46. The Bertz CT molecular complexity index is 674. The summed E-state index contributed by atoms with van der Waals surface area (Å²) >= 11 is 0. The topological polar surface area (TPSA) is 35.5 Å². The van der Waals surface area contributed by atoms with Gasteiger partial charge in [0.1, 0.15) is 0 Å². The predicted octanol–water partition coefficient (Wildman–Crippen LogP) is 4.97. The zero-order chi connectivity index (χ0) is 18.1. The Labute approximate surface area is 152 Å². The van der Waals surface area contributed by atoms with Crippen molar-refractivity contribution in [3.63, 3.8) is 0 Å². The van der Waals surface area contributed by atoms with Crippen molar-refractivity contribution >= 4 is 14.3 Å². The Balaban J connectivity index is 2.10. The lowest BCUT2D eigenvalue weighted by Gasteiger charge is -2.49. The number of carbonyl (C=O) groups is 1. The van der Waals surface area contributed by atoms with Crippen LogP contribution in [0.15, 0.2) is 36.1 Å². The van der Waals surface area contributed by atoms with Crippen LogP contribution in [0, 0.1) is 5.92 Å². The first-order valence-electron chi connectivity index (χ1n) is 9.41. The molecule has 0 amide bonds. The van der Waals surface area contributed by atoms with E-state index < -0.39 is 8.32 Å². The molecule has 0 aromatic heterocycles. The fraction of sp³-hybridized carbons (Fsp3) is 0.571. The zero-order valence-corrected chi connectivity index (χ0v) is 16.9. The predicted molar refractivity (Wildman–Crippen MR) is 103 cm³/mol. The van der Waals surface area contributed by atoms with Gasteiger partial charge in [0.25, 0.3) is 0 Å². The van der Waals surface area contributed by atoms with Crippen LogP contribution in [0.5, 0.6) is 0 Å². The summed E-state index contributed by atoms with van der Waals surface area (Å²) in [5.74, 6) is 1.26. The van der Waals surface area contributed by atoms with Crippen LogP contribution < -0.4 is 0 Å². The van der Waals surface area contributed by atoms with Gasteiger partial charge in [-0.05, 0) is 62.0 Å². The number of benzene rings is 1. The van der Waals surface area contributed by atoms with E-state index in [1.165, 1.54) is 31.1 Å². The average molecular weight is 359 g/mol. The second-order valence-corrected chi connectivity index (χ2v) is 12.8. The number of rotatable bonds is 4. The van der Waals surface area contributed by atoms with Gasteiger partial charge in [-0.15, -0.1) is 0 Å². The Hall–Kier alpha value is -1.55. The maximum Gasteiger partial charge on any atom is 0.305 e. The van der Waals surface area contributed by atoms with Gasteiger partial charge < -0.3 is 9.16 Å². The molecule has 3 rings (SSSR count). The normalized spacial score (nSPS) is 25.9. The summed E-state index contributed by atoms with van der Waals surface area (Å²) in [4.78, 5) is 12.1. The minimum absolute atomic E-state index is 0.110. The summed E-state index contributed by atoms with van der Waals surface area (Å²) < 4.78 is 11.6. The van der Waals surface area contributed by atoms with E-state index in [-0.39, 0.29) is 17.3 Å².